The Morgan fingerprint density at radius 3 is 2.69 bits per heavy atom. The number of aryl methyl sites for hydroxylation is 1. The summed E-state index contributed by atoms with van der Waals surface area (Å²) < 4.78 is 5.76. The molecule has 2 aromatic rings. The molecule has 0 amide bonds. The lowest BCUT2D eigenvalue weighted by Gasteiger charge is -1.96. The molecule has 0 N–H and O–H groups in total. The third-order valence-corrected chi connectivity index (χ3v) is 2.02. The van der Waals surface area contributed by atoms with E-state index in [1.54, 1.807) is 6.07 Å². The second-order valence-electron chi connectivity index (χ2n) is 3.07. The van der Waals surface area contributed by atoms with Crippen molar-refractivity contribution in [1.82, 2.24) is 9.78 Å². The van der Waals surface area contributed by atoms with Crippen molar-refractivity contribution in [2.45, 2.75) is 0 Å². The number of nitro groups is 1. The molecule has 1 heterocycles. The van der Waals surface area contributed by atoms with Crippen LogP contribution in [0.3, 0.4) is 0 Å². The highest BCUT2D eigenvalue weighted by Crippen LogP contribution is 2.26. The van der Waals surface area contributed by atoms with Gasteiger partial charge in [-0.05, 0) is 6.07 Å². The SMILES string of the molecule is Cn1nc(-c2ccccc2[N+](=O)[O-])oc1=O. The average Bonchev–Trinajstić information content (AvgIpc) is 2.59. The topological polar surface area (TPSA) is 91.2 Å². The second kappa shape index (κ2) is 3.61. The predicted octanol–water partition coefficient (Wildman–Crippen LogP) is 0.948. The van der Waals surface area contributed by atoms with Crippen molar-refractivity contribution in [1.29, 1.82) is 0 Å². The predicted molar refractivity (Wildman–Crippen MR) is 53.8 cm³/mol. The van der Waals surface area contributed by atoms with Crippen LogP contribution in [-0.2, 0) is 7.05 Å². The molecule has 0 aliphatic rings. The lowest BCUT2D eigenvalue weighted by atomic mass is 10.2. The van der Waals surface area contributed by atoms with Crippen LogP contribution in [0, 0.1) is 10.1 Å². The number of nitro benzene ring substituents is 1. The molecule has 0 saturated carbocycles. The lowest BCUT2D eigenvalue weighted by Crippen LogP contribution is -2.09. The molecule has 2 rings (SSSR count). The molecule has 16 heavy (non-hydrogen) atoms. The quantitative estimate of drug-likeness (QED) is 0.556. The maximum Gasteiger partial charge on any atom is 0.437 e. The lowest BCUT2D eigenvalue weighted by molar-refractivity contribution is -0.384. The van der Waals surface area contributed by atoms with Crippen molar-refractivity contribution in [3.63, 3.8) is 0 Å². The Morgan fingerprint density at radius 1 is 1.44 bits per heavy atom. The van der Waals surface area contributed by atoms with Gasteiger partial charge >= 0.3 is 5.76 Å². The molecule has 0 saturated heterocycles. The Hall–Kier alpha value is -2.44. The van der Waals surface area contributed by atoms with Crippen LogP contribution in [0.1, 0.15) is 0 Å². The summed E-state index contributed by atoms with van der Waals surface area (Å²) in [6, 6.07) is 5.94. The minimum absolute atomic E-state index is 0.0557. The number of hydrogen-bond donors (Lipinski definition) is 0. The van der Waals surface area contributed by atoms with Gasteiger partial charge in [0.2, 0.25) is 0 Å². The van der Waals surface area contributed by atoms with Gasteiger partial charge < -0.3 is 4.42 Å². The van der Waals surface area contributed by atoms with E-state index >= 15 is 0 Å². The van der Waals surface area contributed by atoms with E-state index in [9.17, 15) is 14.9 Å². The minimum atomic E-state index is -0.659. The Morgan fingerprint density at radius 2 is 2.12 bits per heavy atom. The van der Waals surface area contributed by atoms with E-state index in [-0.39, 0.29) is 17.1 Å². The van der Waals surface area contributed by atoms with Crippen LogP contribution in [0.5, 0.6) is 0 Å². The Balaban J connectivity index is 2.64. The summed E-state index contributed by atoms with van der Waals surface area (Å²) in [6.07, 6.45) is 0. The van der Waals surface area contributed by atoms with Crippen molar-refractivity contribution in [2.24, 2.45) is 7.05 Å². The molecular weight excluding hydrogens is 214 g/mol. The largest absolute Gasteiger partial charge is 0.437 e. The van der Waals surface area contributed by atoms with Crippen molar-refractivity contribution in [3.8, 4) is 11.5 Å². The number of para-hydroxylation sites is 1. The number of benzene rings is 1. The van der Waals surface area contributed by atoms with E-state index in [1.165, 1.54) is 25.2 Å². The van der Waals surface area contributed by atoms with E-state index in [1.807, 2.05) is 0 Å². The van der Waals surface area contributed by atoms with Gasteiger partial charge in [-0.25, -0.2) is 4.79 Å². The number of nitrogens with zero attached hydrogens (tertiary/aromatic N) is 3. The van der Waals surface area contributed by atoms with Gasteiger partial charge in [-0.15, -0.1) is 5.10 Å². The normalized spacial score (nSPS) is 10.3. The molecule has 0 aliphatic heterocycles. The summed E-state index contributed by atoms with van der Waals surface area (Å²) in [4.78, 5) is 21.2. The fraction of sp³-hybridized carbons (Fsp3) is 0.111. The van der Waals surface area contributed by atoms with Crippen LogP contribution in [0.15, 0.2) is 33.5 Å². The van der Waals surface area contributed by atoms with Gasteiger partial charge in [0, 0.05) is 13.1 Å². The first-order valence-electron chi connectivity index (χ1n) is 4.37. The fourth-order valence-electron chi connectivity index (χ4n) is 1.27. The first kappa shape index (κ1) is 10.1. The summed E-state index contributed by atoms with van der Waals surface area (Å²) in [7, 11) is 1.41. The van der Waals surface area contributed by atoms with Gasteiger partial charge in [-0.2, -0.15) is 4.68 Å². The minimum Gasteiger partial charge on any atom is -0.387 e. The molecule has 1 aromatic heterocycles. The smallest absolute Gasteiger partial charge is 0.387 e. The maximum absolute atomic E-state index is 11.1. The monoisotopic (exact) mass is 221 g/mol. The Kier molecular flexibility index (Phi) is 2.28. The second-order valence-corrected chi connectivity index (χ2v) is 3.07. The van der Waals surface area contributed by atoms with Crippen LogP contribution >= 0.6 is 0 Å². The van der Waals surface area contributed by atoms with Gasteiger partial charge in [-0.3, -0.25) is 10.1 Å². The highest BCUT2D eigenvalue weighted by molar-refractivity contribution is 5.65. The Labute approximate surface area is 89.1 Å². The van der Waals surface area contributed by atoms with Crippen molar-refractivity contribution in [3.05, 3.63) is 44.9 Å². The molecule has 0 bridgehead atoms. The van der Waals surface area contributed by atoms with Gasteiger partial charge in [0.05, 0.1) is 4.92 Å². The van der Waals surface area contributed by atoms with Crippen LogP contribution in [0.25, 0.3) is 11.5 Å². The molecule has 0 radical (unpaired) electrons. The summed E-state index contributed by atoms with van der Waals surface area (Å²) in [5.41, 5.74) is 0.0366. The third kappa shape index (κ3) is 1.58. The Bertz CT molecular complexity index is 599. The van der Waals surface area contributed by atoms with Gasteiger partial charge in [0.1, 0.15) is 5.56 Å². The molecule has 0 atom stereocenters. The van der Waals surface area contributed by atoms with Crippen LogP contribution in [-0.4, -0.2) is 14.7 Å². The summed E-state index contributed by atoms with van der Waals surface area (Å²) in [5, 5.41) is 14.5. The maximum atomic E-state index is 11.1. The molecule has 7 nitrogen and oxygen atoms in total. The van der Waals surface area contributed by atoms with Crippen LogP contribution in [0.2, 0.25) is 0 Å². The summed E-state index contributed by atoms with van der Waals surface area (Å²) in [5.74, 6) is -0.715. The van der Waals surface area contributed by atoms with Crippen molar-refractivity contribution >= 4 is 5.69 Å². The van der Waals surface area contributed by atoms with E-state index < -0.39 is 10.7 Å². The molecular formula is C9H7N3O4. The first-order valence-corrected chi connectivity index (χ1v) is 4.37. The molecule has 0 spiro atoms. The highest BCUT2D eigenvalue weighted by Gasteiger charge is 2.19. The zero-order chi connectivity index (χ0) is 11.7. The van der Waals surface area contributed by atoms with E-state index in [2.05, 4.69) is 5.10 Å². The van der Waals surface area contributed by atoms with Crippen LogP contribution in [0.4, 0.5) is 5.69 Å². The zero-order valence-electron chi connectivity index (χ0n) is 8.28. The third-order valence-electron chi connectivity index (χ3n) is 2.02. The number of rotatable bonds is 2. The standard InChI is InChI=1S/C9H7N3O4/c1-11-9(13)16-8(10-11)6-4-2-3-5-7(6)12(14)15/h2-5H,1H3. The molecule has 82 valence electrons. The summed E-state index contributed by atoms with van der Waals surface area (Å²) in [6.45, 7) is 0. The molecule has 0 fully saturated rings. The van der Waals surface area contributed by atoms with E-state index in [4.69, 9.17) is 4.42 Å². The zero-order valence-corrected chi connectivity index (χ0v) is 8.28. The van der Waals surface area contributed by atoms with Crippen molar-refractivity contribution < 1.29 is 9.34 Å². The average molecular weight is 221 g/mol. The fourth-order valence-corrected chi connectivity index (χ4v) is 1.27. The van der Waals surface area contributed by atoms with Gasteiger partial charge in [-0.1, -0.05) is 12.1 Å². The molecule has 1 aromatic carbocycles. The van der Waals surface area contributed by atoms with Gasteiger partial charge in [0.15, 0.2) is 0 Å². The molecule has 0 unspecified atom stereocenters. The van der Waals surface area contributed by atoms with Crippen LogP contribution < -0.4 is 5.76 Å². The van der Waals surface area contributed by atoms with E-state index in [0.717, 1.165) is 4.68 Å². The molecule has 7 heteroatoms. The number of aromatic nitrogens is 2. The molecule has 0 aliphatic carbocycles. The van der Waals surface area contributed by atoms with Crippen molar-refractivity contribution in [2.75, 3.05) is 0 Å². The first-order chi connectivity index (χ1) is 7.59. The summed E-state index contributed by atoms with van der Waals surface area (Å²) >= 11 is 0. The van der Waals surface area contributed by atoms with E-state index in [0.29, 0.717) is 0 Å². The van der Waals surface area contributed by atoms with Gasteiger partial charge in [0.25, 0.3) is 11.6 Å². The number of hydrogen-bond acceptors (Lipinski definition) is 5. The highest BCUT2D eigenvalue weighted by atomic mass is 16.6.